The second kappa shape index (κ2) is 6.04. The van der Waals surface area contributed by atoms with E-state index < -0.39 is 10.3 Å². The molecule has 2 amide bonds. The van der Waals surface area contributed by atoms with E-state index in [1.54, 1.807) is 19.1 Å². The van der Waals surface area contributed by atoms with Crippen molar-refractivity contribution in [3.63, 3.8) is 0 Å². The van der Waals surface area contributed by atoms with E-state index in [4.69, 9.17) is 0 Å². The molecule has 1 aromatic carbocycles. The van der Waals surface area contributed by atoms with Crippen LogP contribution < -0.4 is 10.6 Å². The minimum Gasteiger partial charge on any atom is -0.351 e. The normalized spacial score (nSPS) is 33.6. The fraction of sp³-hybridized carbons (Fsp3) is 0.600. The molecule has 0 saturated heterocycles. The fourth-order valence-electron chi connectivity index (χ4n) is 6.20. The summed E-state index contributed by atoms with van der Waals surface area (Å²) < 4.78 is 0. The van der Waals surface area contributed by atoms with Crippen molar-refractivity contribution in [2.45, 2.75) is 57.9 Å². The van der Waals surface area contributed by atoms with E-state index in [1.165, 1.54) is 13.0 Å². The monoisotopic (exact) mass is 371 g/mol. The molecule has 144 valence electrons. The van der Waals surface area contributed by atoms with Gasteiger partial charge in [-0.15, -0.1) is 0 Å². The Hall–Kier alpha value is -2.44. The number of anilines is 1. The number of carbonyl (C=O) groups is 2. The summed E-state index contributed by atoms with van der Waals surface area (Å²) in [4.78, 5) is 35.8. The first-order valence-electron chi connectivity index (χ1n) is 9.56. The molecule has 0 aliphatic heterocycles. The number of rotatable bonds is 4. The second-order valence-corrected chi connectivity index (χ2v) is 8.92. The van der Waals surface area contributed by atoms with Crippen LogP contribution in [0.3, 0.4) is 0 Å². The fourth-order valence-corrected chi connectivity index (χ4v) is 6.20. The second-order valence-electron chi connectivity index (χ2n) is 8.92. The molecule has 2 atom stereocenters. The maximum absolute atomic E-state index is 13.3. The molecule has 0 spiro atoms. The molecule has 0 heterocycles. The first-order valence-corrected chi connectivity index (χ1v) is 9.56. The topological polar surface area (TPSA) is 101 Å². The van der Waals surface area contributed by atoms with Gasteiger partial charge < -0.3 is 10.6 Å². The third-order valence-electron chi connectivity index (χ3n) is 6.65. The molecule has 1 aromatic rings. The highest BCUT2D eigenvalue weighted by Gasteiger charge is 2.60. The third kappa shape index (κ3) is 3.09. The van der Waals surface area contributed by atoms with Crippen molar-refractivity contribution >= 4 is 23.2 Å². The van der Waals surface area contributed by atoms with E-state index >= 15 is 0 Å². The smallest absolute Gasteiger partial charge is 0.274 e. The van der Waals surface area contributed by atoms with Crippen LogP contribution in [0.2, 0.25) is 0 Å². The largest absolute Gasteiger partial charge is 0.351 e. The Morgan fingerprint density at radius 1 is 1.19 bits per heavy atom. The van der Waals surface area contributed by atoms with Gasteiger partial charge >= 0.3 is 0 Å². The van der Waals surface area contributed by atoms with Gasteiger partial charge in [0.1, 0.15) is 0 Å². The van der Waals surface area contributed by atoms with Gasteiger partial charge in [-0.2, -0.15) is 0 Å². The lowest BCUT2D eigenvalue weighted by molar-refractivity contribution is -0.385. The minimum absolute atomic E-state index is 0.00743. The van der Waals surface area contributed by atoms with Crippen LogP contribution in [0, 0.1) is 34.3 Å². The van der Waals surface area contributed by atoms with Crippen molar-refractivity contribution in [2.24, 2.45) is 17.3 Å². The molecular formula is C20H25N3O4. The van der Waals surface area contributed by atoms with Gasteiger partial charge in [0.05, 0.1) is 10.3 Å². The minimum atomic E-state index is -0.494. The quantitative estimate of drug-likeness (QED) is 0.626. The van der Waals surface area contributed by atoms with Crippen molar-refractivity contribution in [3.05, 3.63) is 33.9 Å². The van der Waals surface area contributed by atoms with E-state index in [2.05, 4.69) is 10.6 Å². The summed E-state index contributed by atoms with van der Waals surface area (Å²) in [5.41, 5.74) is 0.269. The predicted octanol–water partition coefficient (Wildman–Crippen LogP) is 3.32. The van der Waals surface area contributed by atoms with Crippen LogP contribution in [0.25, 0.3) is 0 Å². The Kier molecular flexibility index (Phi) is 4.01. The van der Waals surface area contributed by atoms with Crippen LogP contribution in [0.4, 0.5) is 11.4 Å². The van der Waals surface area contributed by atoms with E-state index in [0.717, 1.165) is 32.1 Å². The van der Waals surface area contributed by atoms with Crippen LogP contribution in [0.15, 0.2) is 18.2 Å². The molecule has 0 aromatic heterocycles. The van der Waals surface area contributed by atoms with E-state index in [0.29, 0.717) is 29.5 Å². The van der Waals surface area contributed by atoms with Crippen molar-refractivity contribution in [1.82, 2.24) is 5.32 Å². The predicted molar refractivity (Wildman–Crippen MR) is 100 cm³/mol. The summed E-state index contributed by atoms with van der Waals surface area (Å²) in [6.45, 7) is 3.22. The lowest BCUT2D eigenvalue weighted by Crippen LogP contribution is -2.65. The Bertz CT molecular complexity index is 821. The lowest BCUT2D eigenvalue weighted by Gasteiger charge is -2.61. The molecule has 4 aliphatic carbocycles. The average molecular weight is 371 g/mol. The van der Waals surface area contributed by atoms with Crippen molar-refractivity contribution in [1.29, 1.82) is 0 Å². The van der Waals surface area contributed by atoms with E-state index in [-0.39, 0.29) is 23.0 Å². The zero-order valence-corrected chi connectivity index (χ0v) is 15.7. The van der Waals surface area contributed by atoms with Crippen molar-refractivity contribution in [3.8, 4) is 0 Å². The number of hydrogen-bond acceptors (Lipinski definition) is 4. The number of carbonyl (C=O) groups excluding carboxylic acids is 2. The Balaban J connectivity index is 1.59. The summed E-state index contributed by atoms with van der Waals surface area (Å²) in [5, 5.41) is 17.3. The highest BCUT2D eigenvalue weighted by atomic mass is 16.6. The summed E-state index contributed by atoms with van der Waals surface area (Å²) in [6.07, 6.45) is 5.37. The first-order chi connectivity index (χ1) is 12.7. The summed E-state index contributed by atoms with van der Waals surface area (Å²) in [7, 11) is 0. The molecule has 7 nitrogen and oxygen atoms in total. The Labute approximate surface area is 158 Å². The van der Waals surface area contributed by atoms with E-state index in [9.17, 15) is 19.7 Å². The maximum Gasteiger partial charge on any atom is 0.274 e. The molecule has 4 saturated carbocycles. The number of nitro groups is 1. The zero-order valence-electron chi connectivity index (χ0n) is 15.7. The first kappa shape index (κ1) is 17.9. The van der Waals surface area contributed by atoms with Crippen LogP contribution >= 0.6 is 0 Å². The summed E-state index contributed by atoms with van der Waals surface area (Å²) >= 11 is 0. The number of hydrogen-bond donors (Lipinski definition) is 2. The van der Waals surface area contributed by atoms with Gasteiger partial charge in [-0.3, -0.25) is 19.7 Å². The number of nitro benzene ring substituents is 1. The number of aryl methyl sites for hydroxylation is 1. The number of nitrogens with zero attached hydrogens (tertiary/aromatic N) is 1. The number of amides is 2. The molecule has 4 fully saturated rings. The van der Waals surface area contributed by atoms with Gasteiger partial charge in [0, 0.05) is 29.8 Å². The van der Waals surface area contributed by atoms with Gasteiger partial charge in [-0.1, -0.05) is 6.07 Å². The highest BCUT2D eigenvalue weighted by Crippen LogP contribution is 2.61. The van der Waals surface area contributed by atoms with Gasteiger partial charge in [0.2, 0.25) is 11.8 Å². The van der Waals surface area contributed by atoms with Gasteiger partial charge in [-0.05, 0) is 63.4 Å². The molecule has 4 aliphatic rings. The molecule has 7 heteroatoms. The van der Waals surface area contributed by atoms with Crippen LogP contribution in [-0.4, -0.2) is 22.3 Å². The lowest BCUT2D eigenvalue weighted by atomic mass is 9.46. The van der Waals surface area contributed by atoms with Gasteiger partial charge in [-0.25, -0.2) is 0 Å². The summed E-state index contributed by atoms with van der Waals surface area (Å²) in [5.74, 6) is 0.804. The Morgan fingerprint density at radius 3 is 2.44 bits per heavy atom. The molecule has 2 N–H and O–H groups in total. The van der Waals surface area contributed by atoms with Crippen LogP contribution in [-0.2, 0) is 9.59 Å². The van der Waals surface area contributed by atoms with Gasteiger partial charge in [0.25, 0.3) is 5.69 Å². The van der Waals surface area contributed by atoms with E-state index in [1.807, 2.05) is 0 Å². The molecule has 5 rings (SSSR count). The standard InChI is InChI=1S/C20H25N3O4/c1-12-3-4-16(6-17(12)23(26)27)21-18(25)19-7-14-5-15(8-19)10-20(9-14,11-19)22-13(2)24/h3-4,6,14-15H,5,7-11H2,1-2H3,(H,21,25)(H,22,24). The van der Waals surface area contributed by atoms with Crippen molar-refractivity contribution in [2.75, 3.05) is 5.32 Å². The third-order valence-corrected chi connectivity index (χ3v) is 6.65. The molecular weight excluding hydrogens is 346 g/mol. The highest BCUT2D eigenvalue weighted by molar-refractivity contribution is 5.96. The molecule has 2 unspecified atom stereocenters. The zero-order chi connectivity index (χ0) is 19.4. The van der Waals surface area contributed by atoms with Crippen LogP contribution in [0.1, 0.15) is 51.0 Å². The average Bonchev–Trinajstić information content (AvgIpc) is 2.53. The molecule has 0 radical (unpaired) electrons. The molecule has 27 heavy (non-hydrogen) atoms. The van der Waals surface area contributed by atoms with Crippen molar-refractivity contribution < 1.29 is 14.5 Å². The van der Waals surface area contributed by atoms with Crippen LogP contribution in [0.5, 0.6) is 0 Å². The number of nitrogens with one attached hydrogen (secondary N) is 2. The maximum atomic E-state index is 13.3. The SMILES string of the molecule is CC(=O)NC12CC3CC(C1)CC(C(=O)Nc1ccc(C)c([N+](=O)[O-])c1)(C3)C2. The number of benzene rings is 1. The summed E-state index contributed by atoms with van der Waals surface area (Å²) in [6, 6.07) is 4.80. The molecule has 4 bridgehead atoms. The van der Waals surface area contributed by atoms with Gasteiger partial charge in [0.15, 0.2) is 0 Å². The Morgan fingerprint density at radius 2 is 1.85 bits per heavy atom.